The number of esters is 1. The topological polar surface area (TPSA) is 107 Å². The molecule has 0 aliphatic rings. The third kappa shape index (κ3) is 2.69. The number of carboxylic acid groups (broad SMARTS) is 2. The number of benzene rings is 1. The molecule has 1 unspecified atom stereocenters. The second kappa shape index (κ2) is 6.01. The van der Waals surface area contributed by atoms with Gasteiger partial charge in [-0.2, -0.15) is 0 Å². The SMILES string of the molecule is C=C(C(=O)[O-])C(CC(=O)OC)(C(=O)[O-])c1ccccc1. The average Bonchev–Trinajstić information content (AvgIpc) is 2.44. The van der Waals surface area contributed by atoms with Crippen molar-refractivity contribution in [1.82, 2.24) is 0 Å². The fourth-order valence-corrected chi connectivity index (χ4v) is 1.88. The maximum Gasteiger partial charge on any atom is 0.307 e. The fourth-order valence-electron chi connectivity index (χ4n) is 1.88. The standard InChI is InChI=1S/C14H14O6/c1-9(12(16)17)14(13(18)19,8-11(15)20-2)10-6-4-3-5-7-10/h3-7H,1,8H2,2H3,(H,16,17)(H,18,19)/p-2. The van der Waals surface area contributed by atoms with Gasteiger partial charge in [0.25, 0.3) is 0 Å². The van der Waals surface area contributed by atoms with Crippen molar-refractivity contribution in [3.05, 3.63) is 48.0 Å². The minimum Gasteiger partial charge on any atom is -0.549 e. The number of carboxylic acids is 2. The number of hydrogen-bond acceptors (Lipinski definition) is 6. The molecule has 0 aliphatic carbocycles. The van der Waals surface area contributed by atoms with Gasteiger partial charge >= 0.3 is 5.97 Å². The van der Waals surface area contributed by atoms with Gasteiger partial charge in [0.05, 0.1) is 30.9 Å². The quantitative estimate of drug-likeness (QED) is 0.464. The molecule has 1 aromatic carbocycles. The first-order chi connectivity index (χ1) is 9.36. The molecule has 20 heavy (non-hydrogen) atoms. The first kappa shape index (κ1) is 15.4. The van der Waals surface area contributed by atoms with Gasteiger partial charge in [-0.25, -0.2) is 0 Å². The van der Waals surface area contributed by atoms with E-state index < -0.39 is 35.3 Å². The van der Waals surface area contributed by atoms with Gasteiger partial charge < -0.3 is 24.5 Å². The van der Waals surface area contributed by atoms with Crippen LogP contribution in [0.4, 0.5) is 0 Å². The summed E-state index contributed by atoms with van der Waals surface area (Å²) in [5.41, 5.74) is -2.94. The van der Waals surface area contributed by atoms with E-state index in [0.29, 0.717) is 0 Å². The minimum absolute atomic E-state index is 0.0552. The summed E-state index contributed by atoms with van der Waals surface area (Å²) >= 11 is 0. The van der Waals surface area contributed by atoms with Crippen molar-refractivity contribution in [3.63, 3.8) is 0 Å². The van der Waals surface area contributed by atoms with Crippen LogP contribution in [0.1, 0.15) is 12.0 Å². The zero-order valence-electron chi connectivity index (χ0n) is 10.8. The zero-order chi connectivity index (χ0) is 15.3. The molecule has 106 valence electrons. The largest absolute Gasteiger partial charge is 0.549 e. The summed E-state index contributed by atoms with van der Waals surface area (Å²) < 4.78 is 4.42. The Labute approximate surface area is 115 Å². The van der Waals surface area contributed by atoms with E-state index in [0.717, 1.165) is 7.11 Å². The summed E-state index contributed by atoms with van der Waals surface area (Å²) in [6.07, 6.45) is -0.747. The Balaban J connectivity index is 3.51. The number of carbonyl (C=O) groups is 3. The number of carbonyl (C=O) groups excluding carboxylic acids is 3. The molecule has 0 saturated heterocycles. The van der Waals surface area contributed by atoms with Crippen LogP contribution in [-0.2, 0) is 24.5 Å². The molecule has 6 heteroatoms. The van der Waals surface area contributed by atoms with Crippen LogP contribution in [-0.4, -0.2) is 25.0 Å². The van der Waals surface area contributed by atoms with Crippen LogP contribution in [0, 0.1) is 0 Å². The Bertz CT molecular complexity index is 548. The van der Waals surface area contributed by atoms with E-state index in [4.69, 9.17) is 0 Å². The van der Waals surface area contributed by atoms with Gasteiger partial charge in [0.2, 0.25) is 0 Å². The van der Waals surface area contributed by atoms with Crippen LogP contribution in [0.5, 0.6) is 0 Å². The highest BCUT2D eigenvalue weighted by Crippen LogP contribution is 2.35. The van der Waals surface area contributed by atoms with E-state index in [1.165, 1.54) is 24.3 Å². The van der Waals surface area contributed by atoms with Crippen molar-refractivity contribution in [2.45, 2.75) is 11.8 Å². The van der Waals surface area contributed by atoms with Crippen LogP contribution in [0.3, 0.4) is 0 Å². The zero-order valence-corrected chi connectivity index (χ0v) is 10.8. The van der Waals surface area contributed by atoms with E-state index in [-0.39, 0.29) is 5.56 Å². The molecular weight excluding hydrogens is 264 g/mol. The molecule has 0 fully saturated rings. The average molecular weight is 276 g/mol. The van der Waals surface area contributed by atoms with Gasteiger partial charge in [-0.3, -0.25) is 4.79 Å². The monoisotopic (exact) mass is 276 g/mol. The second-order valence-electron chi connectivity index (χ2n) is 4.08. The van der Waals surface area contributed by atoms with Crippen molar-refractivity contribution >= 4 is 17.9 Å². The molecule has 0 N–H and O–H groups in total. The molecule has 1 rings (SSSR count). The molecule has 1 atom stereocenters. The lowest BCUT2D eigenvalue weighted by Crippen LogP contribution is -2.52. The fraction of sp³-hybridized carbons (Fsp3) is 0.214. The number of rotatable bonds is 6. The summed E-state index contributed by atoms with van der Waals surface area (Å²) in [7, 11) is 1.06. The summed E-state index contributed by atoms with van der Waals surface area (Å²) in [5.74, 6) is -4.44. The highest BCUT2D eigenvalue weighted by molar-refractivity contribution is 6.01. The summed E-state index contributed by atoms with van der Waals surface area (Å²) in [5, 5.41) is 22.6. The van der Waals surface area contributed by atoms with Gasteiger partial charge in [-0.15, -0.1) is 0 Å². The van der Waals surface area contributed by atoms with Crippen molar-refractivity contribution in [1.29, 1.82) is 0 Å². The Morgan fingerprint density at radius 1 is 1.20 bits per heavy atom. The Morgan fingerprint density at radius 2 is 1.75 bits per heavy atom. The van der Waals surface area contributed by atoms with Gasteiger partial charge in [0.1, 0.15) is 0 Å². The normalized spacial score (nSPS) is 13.1. The minimum atomic E-state index is -2.23. The molecule has 0 aliphatic heterocycles. The molecule has 0 saturated carbocycles. The predicted molar refractivity (Wildman–Crippen MR) is 63.9 cm³/mol. The molecule has 6 nitrogen and oxygen atoms in total. The van der Waals surface area contributed by atoms with Gasteiger partial charge in [-0.05, 0) is 11.1 Å². The number of ether oxygens (including phenoxy) is 1. The number of aliphatic carboxylic acids is 2. The lowest BCUT2D eigenvalue weighted by atomic mass is 9.72. The van der Waals surface area contributed by atoms with Crippen molar-refractivity contribution in [3.8, 4) is 0 Å². The smallest absolute Gasteiger partial charge is 0.307 e. The van der Waals surface area contributed by atoms with E-state index in [9.17, 15) is 24.6 Å². The molecule has 0 spiro atoms. The third-order valence-corrected chi connectivity index (χ3v) is 3.01. The molecular formula is C14H12O6-2. The summed E-state index contributed by atoms with van der Waals surface area (Å²) in [6, 6.07) is 7.36. The van der Waals surface area contributed by atoms with E-state index in [2.05, 4.69) is 11.3 Å². The summed E-state index contributed by atoms with van der Waals surface area (Å²) in [6.45, 7) is 3.22. The van der Waals surface area contributed by atoms with Gasteiger partial charge in [0, 0.05) is 0 Å². The van der Waals surface area contributed by atoms with Crippen LogP contribution in [0.2, 0.25) is 0 Å². The molecule has 0 amide bonds. The van der Waals surface area contributed by atoms with Crippen LogP contribution >= 0.6 is 0 Å². The first-order valence-corrected chi connectivity index (χ1v) is 5.60. The van der Waals surface area contributed by atoms with Crippen molar-refractivity contribution in [2.75, 3.05) is 7.11 Å². The van der Waals surface area contributed by atoms with Crippen molar-refractivity contribution in [2.24, 2.45) is 0 Å². The van der Waals surface area contributed by atoms with Crippen LogP contribution < -0.4 is 10.2 Å². The number of hydrogen-bond donors (Lipinski definition) is 0. The second-order valence-corrected chi connectivity index (χ2v) is 4.08. The van der Waals surface area contributed by atoms with Gasteiger partial charge in [-0.1, -0.05) is 36.9 Å². The third-order valence-electron chi connectivity index (χ3n) is 3.01. The van der Waals surface area contributed by atoms with E-state index in [1.807, 2.05) is 0 Å². The number of methoxy groups -OCH3 is 1. The van der Waals surface area contributed by atoms with E-state index in [1.54, 1.807) is 6.07 Å². The highest BCUT2D eigenvalue weighted by Gasteiger charge is 2.40. The highest BCUT2D eigenvalue weighted by atomic mass is 16.5. The first-order valence-electron chi connectivity index (χ1n) is 5.60. The molecule has 0 radical (unpaired) electrons. The predicted octanol–water partition coefficient (Wildman–Crippen LogP) is -1.46. The van der Waals surface area contributed by atoms with E-state index >= 15 is 0 Å². The summed E-state index contributed by atoms with van der Waals surface area (Å²) in [4.78, 5) is 34.1. The Kier molecular flexibility index (Phi) is 4.63. The lowest BCUT2D eigenvalue weighted by molar-refractivity contribution is -0.317. The maximum atomic E-state index is 11.5. The maximum absolute atomic E-state index is 11.5. The molecule has 0 heterocycles. The Hall–Kier alpha value is -2.63. The van der Waals surface area contributed by atoms with Gasteiger partial charge in [0.15, 0.2) is 0 Å². The molecule has 0 aromatic heterocycles. The van der Waals surface area contributed by atoms with Crippen LogP contribution in [0.15, 0.2) is 42.5 Å². The lowest BCUT2D eigenvalue weighted by Gasteiger charge is -2.36. The molecule has 0 bridgehead atoms. The Morgan fingerprint density at radius 3 is 2.15 bits per heavy atom. The molecule has 1 aromatic rings. The van der Waals surface area contributed by atoms with Crippen molar-refractivity contribution < 1.29 is 29.3 Å². The van der Waals surface area contributed by atoms with Crippen LogP contribution in [0.25, 0.3) is 0 Å².